The lowest BCUT2D eigenvalue weighted by Crippen LogP contribution is -2.35. The summed E-state index contributed by atoms with van der Waals surface area (Å²) < 4.78 is 20.2. The first-order valence-corrected chi connectivity index (χ1v) is 5.26. The van der Waals surface area contributed by atoms with Crippen LogP contribution in [0.5, 0.6) is 0 Å². The molecule has 0 amide bonds. The number of hydrogen-bond acceptors (Lipinski definition) is 5. The molecule has 1 rings (SSSR count). The maximum atomic E-state index is 5.29. The lowest BCUT2D eigenvalue weighted by Gasteiger charge is -2.14. The first-order chi connectivity index (χ1) is 7.36. The Labute approximate surface area is 91.0 Å². The monoisotopic (exact) mass is 219 g/mol. The minimum atomic E-state index is 0.364. The van der Waals surface area contributed by atoms with Gasteiger partial charge in [0.2, 0.25) is 0 Å². The summed E-state index contributed by atoms with van der Waals surface area (Å²) in [6.07, 6.45) is 2.26. The van der Waals surface area contributed by atoms with Crippen molar-refractivity contribution in [1.29, 1.82) is 0 Å². The van der Waals surface area contributed by atoms with Gasteiger partial charge < -0.3 is 24.3 Å². The van der Waals surface area contributed by atoms with E-state index in [4.69, 9.17) is 18.9 Å². The second-order valence-electron chi connectivity index (χ2n) is 3.69. The molecule has 1 aliphatic heterocycles. The van der Waals surface area contributed by atoms with Crippen LogP contribution in [0.3, 0.4) is 0 Å². The standard InChI is InChI=1S/C10H21NO4/c1-12-7-14-5-9-3-4-10(11-9)6-15-8-13-2/h9-11H,3-8H2,1-2H3. The Bertz CT molecular complexity index is 140. The lowest BCUT2D eigenvalue weighted by atomic mass is 10.2. The van der Waals surface area contributed by atoms with Crippen molar-refractivity contribution in [3.05, 3.63) is 0 Å². The highest BCUT2D eigenvalue weighted by molar-refractivity contribution is 4.82. The van der Waals surface area contributed by atoms with Gasteiger partial charge >= 0.3 is 0 Å². The van der Waals surface area contributed by atoms with Crippen LogP contribution in [-0.4, -0.2) is 53.1 Å². The highest BCUT2D eigenvalue weighted by Gasteiger charge is 2.23. The largest absolute Gasteiger partial charge is 0.359 e. The third kappa shape index (κ3) is 5.44. The van der Waals surface area contributed by atoms with Crippen molar-refractivity contribution in [3.8, 4) is 0 Å². The molecule has 0 spiro atoms. The summed E-state index contributed by atoms with van der Waals surface area (Å²) in [5, 5.41) is 3.45. The molecule has 90 valence electrons. The minimum Gasteiger partial charge on any atom is -0.359 e. The van der Waals surface area contributed by atoms with Crippen LogP contribution in [0, 0.1) is 0 Å². The summed E-state index contributed by atoms with van der Waals surface area (Å²) in [4.78, 5) is 0. The van der Waals surface area contributed by atoms with Gasteiger partial charge in [0.15, 0.2) is 0 Å². The SMILES string of the molecule is COCOCC1CCC(COCOC)N1. The number of ether oxygens (including phenoxy) is 4. The van der Waals surface area contributed by atoms with E-state index < -0.39 is 0 Å². The third-order valence-electron chi connectivity index (χ3n) is 2.38. The van der Waals surface area contributed by atoms with Crippen molar-refractivity contribution in [2.45, 2.75) is 24.9 Å². The zero-order valence-electron chi connectivity index (χ0n) is 9.53. The molecule has 1 aliphatic rings. The fraction of sp³-hybridized carbons (Fsp3) is 1.00. The third-order valence-corrected chi connectivity index (χ3v) is 2.38. The van der Waals surface area contributed by atoms with Crippen LogP contribution >= 0.6 is 0 Å². The number of methoxy groups -OCH3 is 2. The molecule has 0 aliphatic carbocycles. The van der Waals surface area contributed by atoms with Gasteiger partial charge in [0, 0.05) is 26.3 Å². The van der Waals surface area contributed by atoms with Crippen molar-refractivity contribution >= 4 is 0 Å². The molecular weight excluding hydrogens is 198 g/mol. The van der Waals surface area contributed by atoms with Crippen LogP contribution in [0.4, 0.5) is 0 Å². The second-order valence-corrected chi connectivity index (χ2v) is 3.69. The molecule has 2 unspecified atom stereocenters. The molecule has 5 nitrogen and oxygen atoms in total. The first kappa shape index (κ1) is 12.9. The zero-order valence-corrected chi connectivity index (χ0v) is 9.53. The van der Waals surface area contributed by atoms with Gasteiger partial charge in [-0.2, -0.15) is 0 Å². The summed E-state index contributed by atoms with van der Waals surface area (Å²) in [7, 11) is 3.26. The summed E-state index contributed by atoms with van der Waals surface area (Å²) in [6.45, 7) is 2.13. The topological polar surface area (TPSA) is 49.0 Å². The van der Waals surface area contributed by atoms with E-state index in [2.05, 4.69) is 5.32 Å². The Kier molecular flexibility index (Phi) is 6.87. The van der Waals surface area contributed by atoms with E-state index in [0.29, 0.717) is 38.9 Å². The molecule has 15 heavy (non-hydrogen) atoms. The molecule has 1 N–H and O–H groups in total. The predicted molar refractivity (Wildman–Crippen MR) is 55.6 cm³/mol. The highest BCUT2D eigenvalue weighted by Crippen LogP contribution is 2.12. The maximum absolute atomic E-state index is 5.29. The van der Waals surface area contributed by atoms with Gasteiger partial charge in [0.1, 0.15) is 13.6 Å². The number of nitrogens with one attached hydrogen (secondary N) is 1. The molecule has 0 aromatic carbocycles. The molecule has 2 atom stereocenters. The van der Waals surface area contributed by atoms with Crippen molar-refractivity contribution in [2.75, 3.05) is 41.0 Å². The van der Waals surface area contributed by atoms with Crippen molar-refractivity contribution < 1.29 is 18.9 Å². The van der Waals surface area contributed by atoms with Gasteiger partial charge in [-0.05, 0) is 12.8 Å². The van der Waals surface area contributed by atoms with Gasteiger partial charge in [-0.3, -0.25) is 0 Å². The van der Waals surface area contributed by atoms with Crippen molar-refractivity contribution in [1.82, 2.24) is 5.32 Å². The molecule has 0 aromatic heterocycles. The fourth-order valence-corrected chi connectivity index (χ4v) is 1.71. The second kappa shape index (κ2) is 8.01. The van der Waals surface area contributed by atoms with E-state index in [9.17, 15) is 0 Å². The van der Waals surface area contributed by atoms with Crippen LogP contribution in [0.1, 0.15) is 12.8 Å². The molecule has 1 fully saturated rings. The number of hydrogen-bond donors (Lipinski definition) is 1. The molecule has 5 heteroatoms. The average Bonchev–Trinajstić information content (AvgIpc) is 2.67. The van der Waals surface area contributed by atoms with Crippen LogP contribution in [0.25, 0.3) is 0 Å². The van der Waals surface area contributed by atoms with Gasteiger partial charge in [0.05, 0.1) is 13.2 Å². The summed E-state index contributed by atoms with van der Waals surface area (Å²) in [6, 6.07) is 0.854. The Hall–Kier alpha value is -0.200. The minimum absolute atomic E-state index is 0.364. The van der Waals surface area contributed by atoms with E-state index in [0.717, 1.165) is 12.8 Å². The van der Waals surface area contributed by atoms with E-state index in [1.165, 1.54) is 0 Å². The Balaban J connectivity index is 1.99. The summed E-state index contributed by atoms with van der Waals surface area (Å²) >= 11 is 0. The number of rotatable bonds is 8. The molecule has 0 aromatic rings. The highest BCUT2D eigenvalue weighted by atomic mass is 16.7. The Morgan fingerprint density at radius 2 is 1.40 bits per heavy atom. The van der Waals surface area contributed by atoms with Crippen LogP contribution < -0.4 is 5.32 Å². The van der Waals surface area contributed by atoms with Crippen molar-refractivity contribution in [3.63, 3.8) is 0 Å². The Morgan fingerprint density at radius 1 is 0.933 bits per heavy atom. The molecule has 1 heterocycles. The molecular formula is C10H21NO4. The molecule has 1 saturated heterocycles. The van der Waals surface area contributed by atoms with Crippen molar-refractivity contribution in [2.24, 2.45) is 0 Å². The van der Waals surface area contributed by atoms with E-state index in [-0.39, 0.29) is 0 Å². The summed E-state index contributed by atoms with van der Waals surface area (Å²) in [5.41, 5.74) is 0. The van der Waals surface area contributed by atoms with Gasteiger partial charge in [-0.15, -0.1) is 0 Å². The van der Waals surface area contributed by atoms with Gasteiger partial charge in [-0.25, -0.2) is 0 Å². The van der Waals surface area contributed by atoms with Gasteiger partial charge in [0.25, 0.3) is 0 Å². The average molecular weight is 219 g/mol. The summed E-state index contributed by atoms with van der Waals surface area (Å²) in [5.74, 6) is 0. The van der Waals surface area contributed by atoms with Crippen LogP contribution in [0.15, 0.2) is 0 Å². The first-order valence-electron chi connectivity index (χ1n) is 5.26. The fourth-order valence-electron chi connectivity index (χ4n) is 1.71. The van der Waals surface area contributed by atoms with Crippen LogP contribution in [0.2, 0.25) is 0 Å². The maximum Gasteiger partial charge on any atom is 0.146 e. The van der Waals surface area contributed by atoms with E-state index in [1.807, 2.05) is 0 Å². The molecule has 0 radical (unpaired) electrons. The smallest absolute Gasteiger partial charge is 0.146 e. The normalized spacial score (nSPS) is 26.0. The zero-order chi connectivity index (χ0) is 10.9. The molecule has 0 saturated carbocycles. The lowest BCUT2D eigenvalue weighted by molar-refractivity contribution is -0.0425. The van der Waals surface area contributed by atoms with Gasteiger partial charge in [-0.1, -0.05) is 0 Å². The molecule has 0 bridgehead atoms. The van der Waals surface area contributed by atoms with E-state index in [1.54, 1.807) is 14.2 Å². The Morgan fingerprint density at radius 3 is 1.80 bits per heavy atom. The van der Waals surface area contributed by atoms with E-state index >= 15 is 0 Å². The quantitative estimate of drug-likeness (QED) is 0.471. The predicted octanol–water partition coefficient (Wildman–Crippen LogP) is 0.348. The van der Waals surface area contributed by atoms with Crippen LogP contribution in [-0.2, 0) is 18.9 Å².